The van der Waals surface area contributed by atoms with Gasteiger partial charge in [-0.15, -0.1) is 5.10 Å². The van der Waals surface area contributed by atoms with Crippen LogP contribution in [0.3, 0.4) is 0 Å². The van der Waals surface area contributed by atoms with Gasteiger partial charge in [-0.1, -0.05) is 24.3 Å². The summed E-state index contributed by atoms with van der Waals surface area (Å²) >= 11 is 0. The summed E-state index contributed by atoms with van der Waals surface area (Å²) < 4.78 is 1.93. The lowest BCUT2D eigenvalue weighted by Crippen LogP contribution is -2.19. The van der Waals surface area contributed by atoms with Gasteiger partial charge in [-0.25, -0.2) is 4.68 Å². The molecule has 2 N–H and O–H groups in total. The van der Waals surface area contributed by atoms with E-state index in [0.29, 0.717) is 11.9 Å². The standard InChI is InChI=1S/C13H16N4/c1-9-4-2-3-5-11(9)10-6-7-17-12(8-10)15-13(14)16-17/h2-5,10H,6-8H2,1H3,(H2,14,16). The van der Waals surface area contributed by atoms with E-state index in [9.17, 15) is 0 Å². The molecular weight excluding hydrogens is 212 g/mol. The first-order valence-electron chi connectivity index (χ1n) is 5.99. The second kappa shape index (κ2) is 3.87. The predicted molar refractivity (Wildman–Crippen MR) is 66.7 cm³/mol. The summed E-state index contributed by atoms with van der Waals surface area (Å²) in [6.45, 7) is 3.08. The van der Waals surface area contributed by atoms with Crippen molar-refractivity contribution in [2.24, 2.45) is 0 Å². The lowest BCUT2D eigenvalue weighted by molar-refractivity contribution is 0.433. The molecule has 4 heteroatoms. The molecule has 0 bridgehead atoms. The summed E-state index contributed by atoms with van der Waals surface area (Å²) in [6.07, 6.45) is 2.05. The first kappa shape index (κ1) is 10.3. The molecule has 1 aromatic carbocycles. The number of nitrogens with two attached hydrogens (primary N) is 1. The van der Waals surface area contributed by atoms with Gasteiger partial charge in [0.15, 0.2) is 0 Å². The van der Waals surface area contributed by atoms with E-state index in [1.165, 1.54) is 11.1 Å². The Bertz CT molecular complexity index is 544. The van der Waals surface area contributed by atoms with E-state index < -0.39 is 0 Å². The number of benzene rings is 1. The van der Waals surface area contributed by atoms with Crippen molar-refractivity contribution in [3.8, 4) is 0 Å². The van der Waals surface area contributed by atoms with Crippen LogP contribution in [0.15, 0.2) is 24.3 Å². The highest BCUT2D eigenvalue weighted by Crippen LogP contribution is 2.30. The molecule has 1 atom stereocenters. The van der Waals surface area contributed by atoms with Crippen LogP contribution >= 0.6 is 0 Å². The van der Waals surface area contributed by atoms with Gasteiger partial charge in [0, 0.05) is 13.0 Å². The maximum atomic E-state index is 5.63. The molecule has 1 aliphatic heterocycles. The number of nitrogens with zero attached hydrogens (tertiary/aromatic N) is 3. The van der Waals surface area contributed by atoms with Gasteiger partial charge in [-0.2, -0.15) is 4.98 Å². The Labute approximate surface area is 100 Å². The summed E-state index contributed by atoms with van der Waals surface area (Å²) in [4.78, 5) is 4.29. The minimum atomic E-state index is 0.394. The van der Waals surface area contributed by atoms with Gasteiger partial charge in [-0.05, 0) is 30.4 Å². The van der Waals surface area contributed by atoms with Gasteiger partial charge in [0.25, 0.3) is 0 Å². The summed E-state index contributed by atoms with van der Waals surface area (Å²) in [5.41, 5.74) is 8.42. The summed E-state index contributed by atoms with van der Waals surface area (Å²) in [7, 11) is 0. The second-order valence-electron chi connectivity index (χ2n) is 4.66. The number of fused-ring (bicyclic) bond motifs is 1. The minimum absolute atomic E-state index is 0.394. The topological polar surface area (TPSA) is 56.7 Å². The third-order valence-corrected chi connectivity index (χ3v) is 3.51. The van der Waals surface area contributed by atoms with Crippen LogP contribution in [0.25, 0.3) is 0 Å². The maximum Gasteiger partial charge on any atom is 0.239 e. The number of aromatic nitrogens is 3. The molecule has 2 heterocycles. The lowest BCUT2D eigenvalue weighted by Gasteiger charge is -2.23. The van der Waals surface area contributed by atoms with Crippen LogP contribution in [0.1, 0.15) is 29.3 Å². The third-order valence-electron chi connectivity index (χ3n) is 3.51. The van der Waals surface area contributed by atoms with Crippen molar-refractivity contribution in [1.82, 2.24) is 14.8 Å². The molecule has 0 aliphatic carbocycles. The largest absolute Gasteiger partial charge is 0.366 e. The number of aryl methyl sites for hydroxylation is 2. The van der Waals surface area contributed by atoms with E-state index in [1.807, 2.05) is 4.68 Å². The summed E-state index contributed by atoms with van der Waals surface area (Å²) in [5, 5.41) is 4.19. The summed E-state index contributed by atoms with van der Waals surface area (Å²) in [6, 6.07) is 8.58. The van der Waals surface area contributed by atoms with Crippen LogP contribution in [0.5, 0.6) is 0 Å². The van der Waals surface area contributed by atoms with Crippen molar-refractivity contribution in [3.63, 3.8) is 0 Å². The molecule has 3 rings (SSSR count). The molecule has 1 aliphatic rings. The van der Waals surface area contributed by atoms with Gasteiger partial charge in [0.2, 0.25) is 5.95 Å². The zero-order valence-corrected chi connectivity index (χ0v) is 9.93. The minimum Gasteiger partial charge on any atom is -0.366 e. The zero-order chi connectivity index (χ0) is 11.8. The van der Waals surface area contributed by atoms with Crippen LogP contribution in [0, 0.1) is 6.92 Å². The Morgan fingerprint density at radius 1 is 1.35 bits per heavy atom. The molecule has 1 unspecified atom stereocenters. The van der Waals surface area contributed by atoms with Crippen molar-refractivity contribution >= 4 is 5.95 Å². The quantitative estimate of drug-likeness (QED) is 0.811. The molecule has 2 aromatic rings. The van der Waals surface area contributed by atoms with E-state index >= 15 is 0 Å². The molecule has 1 aromatic heterocycles. The number of anilines is 1. The molecule has 0 spiro atoms. The number of nitrogen functional groups attached to an aromatic ring is 1. The molecule has 0 saturated carbocycles. The normalized spacial score (nSPS) is 19.0. The fourth-order valence-corrected chi connectivity index (χ4v) is 2.63. The molecule has 0 radical (unpaired) electrons. The van der Waals surface area contributed by atoms with E-state index in [-0.39, 0.29) is 0 Å². The monoisotopic (exact) mass is 228 g/mol. The van der Waals surface area contributed by atoms with Crippen molar-refractivity contribution in [3.05, 3.63) is 41.2 Å². The summed E-state index contributed by atoms with van der Waals surface area (Å²) in [5.74, 6) is 1.96. The molecule has 0 saturated heterocycles. The van der Waals surface area contributed by atoms with Crippen LogP contribution in [-0.2, 0) is 13.0 Å². The van der Waals surface area contributed by atoms with Gasteiger partial charge < -0.3 is 5.73 Å². The predicted octanol–water partition coefficient (Wildman–Crippen LogP) is 1.90. The van der Waals surface area contributed by atoms with Gasteiger partial charge in [0.1, 0.15) is 5.82 Å². The fourth-order valence-electron chi connectivity index (χ4n) is 2.63. The molecule has 0 amide bonds. The zero-order valence-electron chi connectivity index (χ0n) is 9.93. The van der Waals surface area contributed by atoms with Crippen molar-refractivity contribution in [1.29, 1.82) is 0 Å². The van der Waals surface area contributed by atoms with Crippen molar-refractivity contribution in [2.75, 3.05) is 5.73 Å². The Morgan fingerprint density at radius 2 is 2.18 bits per heavy atom. The van der Waals surface area contributed by atoms with E-state index in [2.05, 4.69) is 41.3 Å². The smallest absolute Gasteiger partial charge is 0.239 e. The molecule has 17 heavy (non-hydrogen) atoms. The van der Waals surface area contributed by atoms with E-state index in [0.717, 1.165) is 25.2 Å². The highest BCUT2D eigenvalue weighted by Gasteiger charge is 2.23. The van der Waals surface area contributed by atoms with Gasteiger partial charge >= 0.3 is 0 Å². The first-order chi connectivity index (χ1) is 8.24. The lowest BCUT2D eigenvalue weighted by atomic mass is 9.87. The van der Waals surface area contributed by atoms with Crippen LogP contribution < -0.4 is 5.73 Å². The fraction of sp³-hybridized carbons (Fsp3) is 0.385. The van der Waals surface area contributed by atoms with Crippen molar-refractivity contribution < 1.29 is 0 Å². The Balaban J connectivity index is 1.91. The third kappa shape index (κ3) is 1.79. The number of hydrogen-bond acceptors (Lipinski definition) is 3. The SMILES string of the molecule is Cc1ccccc1C1CCn2nc(N)nc2C1. The Morgan fingerprint density at radius 3 is 3.00 bits per heavy atom. The highest BCUT2D eigenvalue weighted by atomic mass is 15.4. The van der Waals surface area contributed by atoms with Crippen LogP contribution in [0.4, 0.5) is 5.95 Å². The van der Waals surface area contributed by atoms with E-state index in [1.54, 1.807) is 0 Å². The van der Waals surface area contributed by atoms with Crippen LogP contribution in [0.2, 0.25) is 0 Å². The molecule has 4 nitrogen and oxygen atoms in total. The number of hydrogen-bond donors (Lipinski definition) is 1. The highest BCUT2D eigenvalue weighted by molar-refractivity contribution is 5.30. The average molecular weight is 228 g/mol. The number of rotatable bonds is 1. The van der Waals surface area contributed by atoms with Crippen molar-refractivity contribution in [2.45, 2.75) is 32.2 Å². The molecule has 88 valence electrons. The van der Waals surface area contributed by atoms with E-state index in [4.69, 9.17) is 5.73 Å². The molecule has 0 fully saturated rings. The second-order valence-corrected chi connectivity index (χ2v) is 4.66. The van der Waals surface area contributed by atoms with Gasteiger partial charge in [-0.3, -0.25) is 0 Å². The maximum absolute atomic E-state index is 5.63. The molecular formula is C13H16N4. The average Bonchev–Trinajstić information content (AvgIpc) is 2.68. The first-order valence-corrected chi connectivity index (χ1v) is 5.99. The Hall–Kier alpha value is -1.84. The Kier molecular flexibility index (Phi) is 2.35. The van der Waals surface area contributed by atoms with Crippen LogP contribution in [-0.4, -0.2) is 14.8 Å². The van der Waals surface area contributed by atoms with Gasteiger partial charge in [0.05, 0.1) is 0 Å².